The number of hydrogen-bond donors (Lipinski definition) is 0. The molecule has 0 bridgehead atoms. The molecule has 0 aliphatic carbocycles. The summed E-state index contributed by atoms with van der Waals surface area (Å²) in [6, 6.07) is 2.10. The monoisotopic (exact) mass is 741 g/mol. The molecule has 0 aromatic carbocycles. The molecule has 8 heteroatoms. The zero-order chi connectivity index (χ0) is 40.3. The molecule has 0 spiro atoms. The predicted molar refractivity (Wildman–Crippen MR) is 228 cm³/mol. The third kappa shape index (κ3) is 21.3. The van der Waals surface area contributed by atoms with Gasteiger partial charge in [-0.2, -0.15) is 0 Å². The molecule has 4 heterocycles. The summed E-state index contributed by atoms with van der Waals surface area (Å²) in [4.78, 5) is 34.7. The highest BCUT2D eigenvalue weighted by Gasteiger charge is 2.09. The van der Waals surface area contributed by atoms with Crippen LogP contribution >= 0.6 is 0 Å². The van der Waals surface area contributed by atoms with Crippen molar-refractivity contribution in [2.45, 2.75) is 199 Å². The van der Waals surface area contributed by atoms with Gasteiger partial charge in [0.25, 0.3) is 0 Å². The highest BCUT2D eigenvalue weighted by atomic mass is 14.9. The maximum atomic E-state index is 4.66. The van der Waals surface area contributed by atoms with Crippen LogP contribution in [0.15, 0.2) is 18.5 Å². The van der Waals surface area contributed by atoms with Crippen LogP contribution in [0.5, 0.6) is 0 Å². The zero-order valence-corrected chi connectivity index (χ0v) is 36.8. The number of hydrogen-bond acceptors (Lipinski definition) is 8. The average Bonchev–Trinajstić information content (AvgIpc) is 3.12. The van der Waals surface area contributed by atoms with Gasteiger partial charge in [-0.05, 0) is 130 Å². The second-order valence-corrected chi connectivity index (χ2v) is 14.8. The molecule has 4 aromatic heterocycles. The summed E-state index contributed by atoms with van der Waals surface area (Å²) in [5, 5.41) is 0. The van der Waals surface area contributed by atoms with E-state index in [1.807, 2.05) is 60.9 Å². The van der Waals surface area contributed by atoms with Crippen LogP contribution in [0.2, 0.25) is 0 Å². The third-order valence-corrected chi connectivity index (χ3v) is 9.33. The Kier molecular flexibility index (Phi) is 25.7. The van der Waals surface area contributed by atoms with E-state index >= 15 is 0 Å². The lowest BCUT2D eigenvalue weighted by atomic mass is 10.0. The number of aromatic nitrogens is 8. The second kappa shape index (κ2) is 28.7. The van der Waals surface area contributed by atoms with Crippen LogP contribution in [0.1, 0.15) is 185 Å². The lowest BCUT2D eigenvalue weighted by Crippen LogP contribution is -2.06. The van der Waals surface area contributed by atoms with Crippen molar-refractivity contribution in [1.82, 2.24) is 39.9 Å². The normalized spacial score (nSPS) is 10.5. The third-order valence-electron chi connectivity index (χ3n) is 9.33. The lowest BCUT2D eigenvalue weighted by molar-refractivity contribution is 0.643. The first-order valence-electron chi connectivity index (χ1n) is 21.0. The van der Waals surface area contributed by atoms with E-state index < -0.39 is 0 Å². The summed E-state index contributed by atoms with van der Waals surface area (Å²) in [5.74, 6) is 3.57. The number of aryl methyl sites for hydroxylation is 12. The topological polar surface area (TPSA) is 103 Å². The smallest absolute Gasteiger partial charge is 0.125 e. The second-order valence-electron chi connectivity index (χ2n) is 14.8. The zero-order valence-electron chi connectivity index (χ0n) is 36.8. The first-order valence-corrected chi connectivity index (χ1v) is 21.0. The van der Waals surface area contributed by atoms with E-state index in [0.717, 1.165) is 72.4 Å². The molecule has 8 nitrogen and oxygen atoms in total. The minimum absolute atomic E-state index is 0.845. The van der Waals surface area contributed by atoms with Crippen LogP contribution in [-0.4, -0.2) is 39.9 Å². The summed E-state index contributed by atoms with van der Waals surface area (Å²) < 4.78 is 0. The van der Waals surface area contributed by atoms with Gasteiger partial charge in [0, 0.05) is 46.6 Å². The van der Waals surface area contributed by atoms with E-state index in [-0.39, 0.29) is 0 Å². The minimum atomic E-state index is 0.845. The van der Waals surface area contributed by atoms with Crippen LogP contribution in [0.3, 0.4) is 0 Å². The largest absolute Gasteiger partial charge is 0.241 e. The fourth-order valence-electron chi connectivity index (χ4n) is 6.04. The molecule has 0 aliphatic rings. The molecule has 54 heavy (non-hydrogen) atoms. The quantitative estimate of drug-likeness (QED) is 0.0986. The predicted octanol–water partition coefficient (Wildman–Crippen LogP) is 12.0. The first-order chi connectivity index (χ1) is 25.8. The Balaban J connectivity index is 0.000000376. The Bertz CT molecular complexity index is 1550. The Morgan fingerprint density at radius 2 is 0.852 bits per heavy atom. The van der Waals surface area contributed by atoms with Crippen molar-refractivity contribution in [3.63, 3.8) is 0 Å². The van der Waals surface area contributed by atoms with Crippen molar-refractivity contribution in [3.8, 4) is 0 Å². The minimum Gasteiger partial charge on any atom is -0.241 e. The SMILES string of the molecule is CCCCCCc1cc(C)nc(C)n1.CCCCCCc1nc(C)nc(CCCCCC)c1C.CCCc1nc(C)ncc1C.Cc1ncc(C)c(C)n1. The van der Waals surface area contributed by atoms with Gasteiger partial charge in [0.2, 0.25) is 0 Å². The number of nitrogens with zero attached hydrogens (tertiary/aromatic N) is 8. The summed E-state index contributed by atoms with van der Waals surface area (Å²) in [6.45, 7) is 27.0. The Morgan fingerprint density at radius 3 is 1.31 bits per heavy atom. The van der Waals surface area contributed by atoms with E-state index in [0.29, 0.717) is 0 Å². The van der Waals surface area contributed by atoms with Crippen molar-refractivity contribution in [1.29, 1.82) is 0 Å². The van der Waals surface area contributed by atoms with Crippen molar-refractivity contribution in [2.24, 2.45) is 0 Å². The number of unbranched alkanes of at least 4 members (excludes halogenated alkanes) is 9. The number of rotatable bonds is 17. The summed E-state index contributed by atoms with van der Waals surface area (Å²) in [5.41, 5.74) is 10.8. The van der Waals surface area contributed by atoms with Crippen molar-refractivity contribution in [3.05, 3.63) is 92.6 Å². The van der Waals surface area contributed by atoms with E-state index in [1.54, 1.807) is 0 Å². The molecule has 0 saturated heterocycles. The highest BCUT2D eigenvalue weighted by Crippen LogP contribution is 2.17. The summed E-state index contributed by atoms with van der Waals surface area (Å²) in [6.07, 6.45) is 25.0. The summed E-state index contributed by atoms with van der Waals surface area (Å²) >= 11 is 0. The van der Waals surface area contributed by atoms with E-state index in [1.165, 1.54) is 111 Å². The summed E-state index contributed by atoms with van der Waals surface area (Å²) in [7, 11) is 0. The molecule has 0 unspecified atom stereocenters. The fraction of sp³-hybridized carbons (Fsp3) is 0.652. The molecular formula is C46H76N8. The van der Waals surface area contributed by atoms with Crippen molar-refractivity contribution in [2.75, 3.05) is 0 Å². The molecule has 0 radical (unpaired) electrons. The van der Waals surface area contributed by atoms with Gasteiger partial charge in [0.05, 0.1) is 0 Å². The van der Waals surface area contributed by atoms with Crippen LogP contribution in [0.25, 0.3) is 0 Å². The van der Waals surface area contributed by atoms with E-state index in [2.05, 4.69) is 87.5 Å². The van der Waals surface area contributed by atoms with E-state index in [9.17, 15) is 0 Å². The van der Waals surface area contributed by atoms with Crippen LogP contribution in [0, 0.1) is 62.3 Å². The molecule has 0 aliphatic heterocycles. The van der Waals surface area contributed by atoms with Crippen molar-refractivity contribution < 1.29 is 0 Å². The Hall–Kier alpha value is -3.68. The van der Waals surface area contributed by atoms with Gasteiger partial charge in [-0.1, -0.05) is 91.9 Å². The standard InChI is InChI=1S/C18H32N2.C12H20N2.C9H14N2.C7H10N2/c1-5-7-9-11-13-17-15(3)18(20-16(4)19-17)14-12-10-8-6-2;1-4-5-6-7-8-12-9-10(2)13-11(3)14-12;1-4-5-9-7(2)6-10-8(3)11-9;1-5-4-8-7(3)9-6(5)2/h5-14H2,1-4H3;9H,4-8H2,1-3H3;6H,4-5H2,1-3H3;4H,1-3H3. The molecule has 0 N–H and O–H groups in total. The van der Waals surface area contributed by atoms with Gasteiger partial charge >= 0.3 is 0 Å². The maximum absolute atomic E-state index is 4.66. The molecular weight excluding hydrogens is 665 g/mol. The average molecular weight is 741 g/mol. The molecule has 0 saturated carbocycles. The van der Waals surface area contributed by atoms with Crippen LogP contribution < -0.4 is 0 Å². The van der Waals surface area contributed by atoms with Gasteiger partial charge in [0.1, 0.15) is 23.3 Å². The van der Waals surface area contributed by atoms with Gasteiger partial charge < -0.3 is 0 Å². The van der Waals surface area contributed by atoms with Crippen LogP contribution in [-0.2, 0) is 25.7 Å². The molecule has 0 fully saturated rings. The Morgan fingerprint density at radius 1 is 0.389 bits per heavy atom. The molecule has 300 valence electrons. The van der Waals surface area contributed by atoms with Crippen LogP contribution in [0.4, 0.5) is 0 Å². The highest BCUT2D eigenvalue weighted by molar-refractivity contribution is 5.25. The maximum Gasteiger partial charge on any atom is 0.125 e. The first kappa shape index (κ1) is 48.3. The molecule has 0 amide bonds. The molecule has 0 atom stereocenters. The van der Waals surface area contributed by atoms with Gasteiger partial charge in [-0.25, -0.2) is 39.9 Å². The molecule has 4 rings (SSSR count). The van der Waals surface area contributed by atoms with Gasteiger partial charge in [-0.3, -0.25) is 0 Å². The van der Waals surface area contributed by atoms with E-state index in [4.69, 9.17) is 0 Å². The molecule has 4 aromatic rings. The van der Waals surface area contributed by atoms with Gasteiger partial charge in [0.15, 0.2) is 0 Å². The lowest BCUT2D eigenvalue weighted by Gasteiger charge is -2.11. The fourth-order valence-corrected chi connectivity index (χ4v) is 6.04. The Labute approximate surface area is 330 Å². The van der Waals surface area contributed by atoms with Gasteiger partial charge in [-0.15, -0.1) is 0 Å². The van der Waals surface area contributed by atoms with Crippen molar-refractivity contribution >= 4 is 0 Å².